The molecular formula is C25H29NO5. The van der Waals surface area contributed by atoms with Gasteiger partial charge in [0.05, 0.1) is 11.3 Å². The highest BCUT2D eigenvalue weighted by molar-refractivity contribution is 6.02. The van der Waals surface area contributed by atoms with Crippen LogP contribution in [0.15, 0.2) is 36.4 Å². The molecule has 6 heteroatoms. The second-order valence-corrected chi connectivity index (χ2v) is 8.76. The summed E-state index contributed by atoms with van der Waals surface area (Å²) < 4.78 is 12.0. The third kappa shape index (κ3) is 4.80. The van der Waals surface area contributed by atoms with Gasteiger partial charge in [0.1, 0.15) is 12.4 Å². The molecule has 2 N–H and O–H groups in total. The number of hydrogen-bond acceptors (Lipinski definition) is 4. The minimum atomic E-state index is -1.22. The average Bonchev–Trinajstić information content (AvgIpc) is 2.66. The van der Waals surface area contributed by atoms with Crippen LogP contribution in [0.1, 0.15) is 49.1 Å². The molecule has 0 aromatic heterocycles. The maximum Gasteiger partial charge on any atom is 0.337 e. The van der Waals surface area contributed by atoms with Gasteiger partial charge in [-0.3, -0.25) is 4.79 Å². The Bertz CT molecular complexity index is 1050. The van der Waals surface area contributed by atoms with Crippen molar-refractivity contribution < 1.29 is 24.2 Å². The lowest BCUT2D eigenvalue weighted by atomic mass is 9.86. The van der Waals surface area contributed by atoms with Gasteiger partial charge in [-0.25, -0.2) is 4.79 Å². The molecule has 1 amide bonds. The van der Waals surface area contributed by atoms with Crippen LogP contribution >= 0.6 is 0 Å². The fraction of sp³-hybridized carbons (Fsp3) is 0.360. The number of anilines is 1. The van der Waals surface area contributed by atoms with Gasteiger partial charge in [0, 0.05) is 17.2 Å². The Hall–Kier alpha value is -3.12. The summed E-state index contributed by atoms with van der Waals surface area (Å²) in [7, 11) is 0. The summed E-state index contributed by atoms with van der Waals surface area (Å²) in [5.74, 6) is -0.845. The second-order valence-electron chi connectivity index (χ2n) is 8.76. The molecule has 2 aromatic rings. The number of benzene rings is 2. The lowest BCUT2D eigenvalue weighted by molar-refractivity contribution is -0.160. The van der Waals surface area contributed by atoms with E-state index in [1.807, 2.05) is 58.9 Å². The van der Waals surface area contributed by atoms with E-state index in [9.17, 15) is 14.7 Å². The van der Waals surface area contributed by atoms with Crippen molar-refractivity contribution in [3.63, 3.8) is 0 Å². The molecule has 0 aliphatic carbocycles. The topological polar surface area (TPSA) is 84.9 Å². The molecule has 1 aliphatic heterocycles. The molecule has 0 unspecified atom stereocenters. The van der Waals surface area contributed by atoms with E-state index >= 15 is 0 Å². The molecule has 0 saturated carbocycles. The van der Waals surface area contributed by atoms with Crippen molar-refractivity contribution in [2.45, 2.75) is 53.2 Å². The van der Waals surface area contributed by atoms with E-state index in [2.05, 4.69) is 5.32 Å². The fourth-order valence-corrected chi connectivity index (χ4v) is 3.78. The predicted molar refractivity (Wildman–Crippen MR) is 121 cm³/mol. The van der Waals surface area contributed by atoms with Crippen molar-refractivity contribution in [1.29, 1.82) is 0 Å². The molecule has 0 saturated heterocycles. The number of carbonyl (C=O) groups excluding carboxylic acids is 1. The Morgan fingerprint density at radius 3 is 2.35 bits per heavy atom. The molecule has 3 rings (SSSR count). The van der Waals surface area contributed by atoms with Crippen LogP contribution in [0.3, 0.4) is 0 Å². The molecule has 2 aromatic carbocycles. The van der Waals surface area contributed by atoms with Gasteiger partial charge in [-0.05, 0) is 64.3 Å². The first-order valence-corrected chi connectivity index (χ1v) is 10.2. The highest BCUT2D eigenvalue weighted by Gasteiger charge is 2.34. The normalized spacial score (nSPS) is 15.7. The van der Waals surface area contributed by atoms with Gasteiger partial charge in [0.15, 0.2) is 6.10 Å². The molecule has 1 atom stereocenters. The third-order valence-electron chi connectivity index (χ3n) is 5.13. The van der Waals surface area contributed by atoms with Gasteiger partial charge in [-0.2, -0.15) is 0 Å². The first-order valence-electron chi connectivity index (χ1n) is 10.2. The Balaban J connectivity index is 2.38. The molecular weight excluding hydrogens is 394 g/mol. The zero-order valence-electron chi connectivity index (χ0n) is 18.8. The maximum atomic E-state index is 12.4. The Labute approximate surface area is 182 Å². The molecule has 6 nitrogen and oxygen atoms in total. The molecule has 31 heavy (non-hydrogen) atoms. The number of carboxylic acid groups (broad SMARTS) is 1. The van der Waals surface area contributed by atoms with Crippen molar-refractivity contribution >= 4 is 17.6 Å². The van der Waals surface area contributed by atoms with E-state index in [1.54, 1.807) is 13.0 Å². The van der Waals surface area contributed by atoms with Crippen molar-refractivity contribution in [1.82, 2.24) is 0 Å². The van der Waals surface area contributed by atoms with Gasteiger partial charge in [-0.1, -0.05) is 29.8 Å². The smallest absolute Gasteiger partial charge is 0.337 e. The molecule has 0 spiro atoms. The number of rotatable bonds is 4. The molecule has 0 bridgehead atoms. The number of amides is 1. The van der Waals surface area contributed by atoms with E-state index in [0.717, 1.165) is 22.3 Å². The van der Waals surface area contributed by atoms with E-state index < -0.39 is 17.7 Å². The van der Waals surface area contributed by atoms with Crippen LogP contribution in [0.25, 0.3) is 11.1 Å². The van der Waals surface area contributed by atoms with Crippen LogP contribution in [-0.2, 0) is 14.3 Å². The van der Waals surface area contributed by atoms with Crippen LogP contribution in [0, 0.1) is 20.8 Å². The van der Waals surface area contributed by atoms with Crippen molar-refractivity contribution in [3.8, 4) is 16.9 Å². The summed E-state index contributed by atoms with van der Waals surface area (Å²) in [5, 5.41) is 13.0. The summed E-state index contributed by atoms with van der Waals surface area (Å²) in [5.41, 5.74) is 4.35. The summed E-state index contributed by atoms with van der Waals surface area (Å²) in [6.45, 7) is 11.4. The third-order valence-corrected chi connectivity index (χ3v) is 5.13. The largest absolute Gasteiger partial charge is 0.487 e. The number of ether oxygens (including phenoxy) is 2. The maximum absolute atomic E-state index is 12.4. The van der Waals surface area contributed by atoms with Crippen LogP contribution in [0.4, 0.5) is 5.69 Å². The summed E-state index contributed by atoms with van der Waals surface area (Å²) >= 11 is 0. The van der Waals surface area contributed by atoms with Gasteiger partial charge >= 0.3 is 5.97 Å². The lowest BCUT2D eigenvalue weighted by Crippen LogP contribution is -2.29. The molecule has 1 aliphatic rings. The first kappa shape index (κ1) is 22.6. The minimum Gasteiger partial charge on any atom is -0.487 e. The number of carboxylic acids is 1. The van der Waals surface area contributed by atoms with Crippen LogP contribution in [-0.4, -0.2) is 29.2 Å². The first-order chi connectivity index (χ1) is 14.5. The Kier molecular flexibility index (Phi) is 6.23. The fourth-order valence-electron chi connectivity index (χ4n) is 3.78. The van der Waals surface area contributed by atoms with E-state index in [4.69, 9.17) is 9.47 Å². The lowest BCUT2D eigenvalue weighted by Gasteiger charge is -2.31. The summed E-state index contributed by atoms with van der Waals surface area (Å²) in [6.07, 6.45) is 1.83. The second kappa shape index (κ2) is 8.55. The number of carbonyl (C=O) groups is 2. The van der Waals surface area contributed by atoms with Gasteiger partial charge in [0.2, 0.25) is 5.91 Å². The van der Waals surface area contributed by atoms with Crippen molar-refractivity contribution in [2.75, 3.05) is 11.9 Å². The molecule has 0 fully saturated rings. The van der Waals surface area contributed by atoms with Crippen molar-refractivity contribution in [2.24, 2.45) is 0 Å². The molecule has 1 heterocycles. The highest BCUT2D eigenvalue weighted by atomic mass is 16.5. The minimum absolute atomic E-state index is 0.244. The van der Waals surface area contributed by atoms with Gasteiger partial charge in [0.25, 0.3) is 0 Å². The van der Waals surface area contributed by atoms with Crippen molar-refractivity contribution in [3.05, 3.63) is 58.7 Å². The quantitative estimate of drug-likeness (QED) is 0.714. The molecule has 164 valence electrons. The van der Waals surface area contributed by atoms with Gasteiger partial charge < -0.3 is 19.9 Å². The SMILES string of the molecule is Cc1ccc(-c2c(C)c3c(c(C)c2[C@H](OC(C)(C)C)C(=O)O)NC(=O)/C=C\CO3)cc1. The van der Waals surface area contributed by atoms with Crippen LogP contribution in [0.5, 0.6) is 5.75 Å². The Morgan fingerprint density at radius 1 is 1.13 bits per heavy atom. The van der Waals surface area contributed by atoms with Crippen LogP contribution in [0.2, 0.25) is 0 Å². The monoisotopic (exact) mass is 423 g/mol. The van der Waals surface area contributed by atoms with E-state index in [-0.39, 0.29) is 12.5 Å². The summed E-state index contributed by atoms with van der Waals surface area (Å²) in [4.78, 5) is 24.7. The number of nitrogens with one attached hydrogen (secondary N) is 1. The predicted octanol–water partition coefficient (Wildman–Crippen LogP) is 5.11. The number of fused-ring (bicyclic) bond motifs is 1. The molecule has 0 radical (unpaired) electrons. The zero-order chi connectivity index (χ0) is 22.9. The Morgan fingerprint density at radius 2 is 1.77 bits per heavy atom. The van der Waals surface area contributed by atoms with Gasteiger partial charge in [-0.15, -0.1) is 0 Å². The van der Waals surface area contributed by atoms with E-state index in [0.29, 0.717) is 22.6 Å². The number of hydrogen-bond donors (Lipinski definition) is 2. The summed E-state index contributed by atoms with van der Waals surface area (Å²) in [6, 6.07) is 7.89. The highest BCUT2D eigenvalue weighted by Crippen LogP contribution is 2.46. The number of aryl methyl sites for hydroxylation is 1. The average molecular weight is 424 g/mol. The van der Waals surface area contributed by atoms with E-state index in [1.165, 1.54) is 6.08 Å². The van der Waals surface area contributed by atoms with Crippen LogP contribution < -0.4 is 10.1 Å². The standard InChI is InChI=1S/C25H29NO5/c1-14-9-11-17(12-10-14)19-16(3)22-21(26-18(27)8-7-13-30-22)15(2)20(19)23(24(28)29)31-25(4,5)6/h7-12,23H,13H2,1-6H3,(H,26,27)(H,28,29)/b8-7-/t23-/m0/s1. The number of aliphatic carboxylic acids is 1. The zero-order valence-corrected chi connectivity index (χ0v) is 18.8.